The number of amides is 1. The van der Waals surface area contributed by atoms with Crippen LogP contribution in [0.15, 0.2) is 48.5 Å². The van der Waals surface area contributed by atoms with Crippen molar-refractivity contribution in [2.45, 2.75) is 40.0 Å². The SMILES string of the molecule is CCOc1ccc(-c2nc(NC(=O)Cc3ccc(C(C)C)cc3)sc2C)cc1. The molecule has 0 aliphatic heterocycles. The Bertz CT molecular complexity index is 928. The number of hydrogen-bond donors (Lipinski definition) is 1. The Morgan fingerprint density at radius 1 is 1.11 bits per heavy atom. The highest BCUT2D eigenvalue weighted by Gasteiger charge is 2.13. The zero-order valence-electron chi connectivity index (χ0n) is 16.8. The average Bonchev–Trinajstić information content (AvgIpc) is 3.03. The Kier molecular flexibility index (Phi) is 6.47. The van der Waals surface area contributed by atoms with Gasteiger partial charge in [-0.1, -0.05) is 38.1 Å². The number of ether oxygens (including phenoxy) is 1. The molecule has 3 rings (SSSR count). The summed E-state index contributed by atoms with van der Waals surface area (Å²) in [5.41, 5.74) is 4.19. The lowest BCUT2D eigenvalue weighted by Gasteiger charge is -2.07. The highest BCUT2D eigenvalue weighted by molar-refractivity contribution is 7.16. The van der Waals surface area contributed by atoms with E-state index in [-0.39, 0.29) is 5.91 Å². The average molecular weight is 395 g/mol. The van der Waals surface area contributed by atoms with Crippen LogP contribution in [0.1, 0.15) is 42.7 Å². The number of thiazole rings is 1. The second-order valence-electron chi connectivity index (χ2n) is 7.00. The minimum atomic E-state index is -0.0516. The molecule has 0 fully saturated rings. The van der Waals surface area contributed by atoms with Gasteiger partial charge in [-0.15, -0.1) is 11.3 Å². The van der Waals surface area contributed by atoms with Crippen molar-refractivity contribution in [1.29, 1.82) is 0 Å². The van der Waals surface area contributed by atoms with Crippen molar-refractivity contribution in [3.63, 3.8) is 0 Å². The third-order valence-corrected chi connectivity index (χ3v) is 5.38. The monoisotopic (exact) mass is 394 g/mol. The first-order chi connectivity index (χ1) is 13.5. The number of nitrogens with one attached hydrogen (secondary N) is 1. The molecule has 0 bridgehead atoms. The van der Waals surface area contributed by atoms with E-state index in [1.54, 1.807) is 0 Å². The van der Waals surface area contributed by atoms with Crippen LogP contribution < -0.4 is 10.1 Å². The van der Waals surface area contributed by atoms with Gasteiger partial charge in [0.25, 0.3) is 0 Å². The first-order valence-corrected chi connectivity index (χ1v) is 10.4. The van der Waals surface area contributed by atoms with Gasteiger partial charge in [-0.05, 0) is 55.2 Å². The van der Waals surface area contributed by atoms with Crippen LogP contribution in [-0.2, 0) is 11.2 Å². The molecular formula is C23H26N2O2S. The van der Waals surface area contributed by atoms with E-state index in [1.807, 2.05) is 50.2 Å². The summed E-state index contributed by atoms with van der Waals surface area (Å²) in [5, 5.41) is 3.56. The number of anilines is 1. The van der Waals surface area contributed by atoms with Crippen LogP contribution in [0.4, 0.5) is 5.13 Å². The van der Waals surface area contributed by atoms with E-state index in [9.17, 15) is 4.79 Å². The van der Waals surface area contributed by atoms with Crippen molar-refractivity contribution in [3.8, 4) is 17.0 Å². The van der Waals surface area contributed by atoms with Gasteiger partial charge in [0.05, 0.1) is 18.7 Å². The van der Waals surface area contributed by atoms with Gasteiger partial charge in [0.15, 0.2) is 5.13 Å². The molecule has 2 aromatic carbocycles. The summed E-state index contributed by atoms with van der Waals surface area (Å²) in [7, 11) is 0. The fourth-order valence-electron chi connectivity index (χ4n) is 2.96. The standard InChI is InChI=1S/C23H26N2O2S/c1-5-27-20-12-10-19(11-13-20)22-16(4)28-23(25-22)24-21(26)14-17-6-8-18(9-7-17)15(2)3/h6-13,15H,5,14H2,1-4H3,(H,24,25,26). The zero-order chi connectivity index (χ0) is 20.1. The maximum Gasteiger partial charge on any atom is 0.230 e. The molecule has 0 saturated carbocycles. The number of carbonyl (C=O) groups excluding carboxylic acids is 1. The fourth-order valence-corrected chi connectivity index (χ4v) is 3.81. The van der Waals surface area contributed by atoms with Crippen LogP contribution in [0.5, 0.6) is 5.75 Å². The van der Waals surface area contributed by atoms with E-state index in [0.29, 0.717) is 24.1 Å². The normalized spacial score (nSPS) is 10.9. The molecule has 0 aliphatic rings. The number of nitrogens with zero attached hydrogens (tertiary/aromatic N) is 1. The lowest BCUT2D eigenvalue weighted by atomic mass is 10.0. The van der Waals surface area contributed by atoms with Gasteiger partial charge in [0.1, 0.15) is 5.75 Å². The molecular weight excluding hydrogens is 368 g/mol. The number of aromatic nitrogens is 1. The zero-order valence-corrected chi connectivity index (χ0v) is 17.6. The van der Waals surface area contributed by atoms with Crippen molar-refractivity contribution in [1.82, 2.24) is 4.98 Å². The molecule has 0 radical (unpaired) electrons. The molecule has 4 nitrogen and oxygen atoms in total. The Hall–Kier alpha value is -2.66. The first kappa shape index (κ1) is 20.1. The Labute approximate surface area is 170 Å². The lowest BCUT2D eigenvalue weighted by Crippen LogP contribution is -2.14. The maximum absolute atomic E-state index is 12.4. The summed E-state index contributed by atoms with van der Waals surface area (Å²) in [6, 6.07) is 16.1. The molecule has 28 heavy (non-hydrogen) atoms. The number of rotatable bonds is 7. The van der Waals surface area contributed by atoms with Gasteiger partial charge in [-0.2, -0.15) is 0 Å². The van der Waals surface area contributed by atoms with Crippen LogP contribution in [0.25, 0.3) is 11.3 Å². The number of aryl methyl sites for hydroxylation is 1. The summed E-state index contributed by atoms with van der Waals surface area (Å²) in [5.74, 6) is 1.28. The van der Waals surface area contributed by atoms with E-state index >= 15 is 0 Å². The van der Waals surface area contributed by atoms with E-state index in [1.165, 1.54) is 16.9 Å². The number of hydrogen-bond acceptors (Lipinski definition) is 4. The van der Waals surface area contributed by atoms with E-state index < -0.39 is 0 Å². The van der Waals surface area contributed by atoms with E-state index in [4.69, 9.17) is 4.74 Å². The van der Waals surface area contributed by atoms with Crippen molar-refractivity contribution >= 4 is 22.4 Å². The predicted octanol–water partition coefficient (Wildman–Crippen LogP) is 5.82. The molecule has 3 aromatic rings. The molecule has 1 heterocycles. The van der Waals surface area contributed by atoms with Crippen LogP contribution in [0.2, 0.25) is 0 Å². The summed E-state index contributed by atoms with van der Waals surface area (Å²) >= 11 is 1.49. The van der Waals surface area contributed by atoms with Crippen molar-refractivity contribution in [2.24, 2.45) is 0 Å². The molecule has 5 heteroatoms. The van der Waals surface area contributed by atoms with Gasteiger partial charge in [-0.25, -0.2) is 4.98 Å². The summed E-state index contributed by atoms with van der Waals surface area (Å²) in [6.07, 6.45) is 0.343. The van der Waals surface area contributed by atoms with Crippen LogP contribution in [-0.4, -0.2) is 17.5 Å². The molecule has 0 aliphatic carbocycles. The van der Waals surface area contributed by atoms with Gasteiger partial charge in [0.2, 0.25) is 5.91 Å². The molecule has 0 saturated heterocycles. The second-order valence-corrected chi connectivity index (χ2v) is 8.21. The van der Waals surface area contributed by atoms with Gasteiger partial charge in [-0.3, -0.25) is 4.79 Å². The van der Waals surface area contributed by atoms with Crippen molar-refractivity contribution < 1.29 is 9.53 Å². The molecule has 0 spiro atoms. The highest BCUT2D eigenvalue weighted by atomic mass is 32.1. The van der Waals surface area contributed by atoms with E-state index in [0.717, 1.165) is 27.4 Å². The summed E-state index contributed by atoms with van der Waals surface area (Å²) < 4.78 is 5.49. The maximum atomic E-state index is 12.4. The fraction of sp³-hybridized carbons (Fsp3) is 0.304. The second kappa shape index (κ2) is 9.02. The lowest BCUT2D eigenvalue weighted by molar-refractivity contribution is -0.115. The third-order valence-electron chi connectivity index (χ3n) is 4.49. The Balaban J connectivity index is 1.66. The Morgan fingerprint density at radius 2 is 1.79 bits per heavy atom. The van der Waals surface area contributed by atoms with Crippen LogP contribution in [0.3, 0.4) is 0 Å². The molecule has 1 aromatic heterocycles. The minimum absolute atomic E-state index is 0.0516. The van der Waals surface area contributed by atoms with Crippen molar-refractivity contribution in [2.75, 3.05) is 11.9 Å². The molecule has 1 N–H and O–H groups in total. The Morgan fingerprint density at radius 3 is 2.39 bits per heavy atom. The van der Waals surface area contributed by atoms with Gasteiger partial charge < -0.3 is 10.1 Å². The summed E-state index contributed by atoms with van der Waals surface area (Å²) in [6.45, 7) is 8.95. The smallest absolute Gasteiger partial charge is 0.230 e. The van der Waals surface area contributed by atoms with Gasteiger partial charge >= 0.3 is 0 Å². The quantitative estimate of drug-likeness (QED) is 0.549. The van der Waals surface area contributed by atoms with Crippen LogP contribution in [0, 0.1) is 6.92 Å². The molecule has 0 unspecified atom stereocenters. The van der Waals surface area contributed by atoms with E-state index in [2.05, 4.69) is 36.3 Å². The molecule has 0 atom stereocenters. The molecule has 146 valence electrons. The topological polar surface area (TPSA) is 51.2 Å². The van der Waals surface area contributed by atoms with Gasteiger partial charge in [0, 0.05) is 10.4 Å². The van der Waals surface area contributed by atoms with Crippen LogP contribution >= 0.6 is 11.3 Å². The number of benzene rings is 2. The number of carbonyl (C=O) groups is 1. The summed E-state index contributed by atoms with van der Waals surface area (Å²) in [4.78, 5) is 18.1. The predicted molar refractivity (Wildman–Crippen MR) is 116 cm³/mol. The highest BCUT2D eigenvalue weighted by Crippen LogP contribution is 2.31. The first-order valence-electron chi connectivity index (χ1n) is 9.55. The van der Waals surface area contributed by atoms with Crippen molar-refractivity contribution in [3.05, 3.63) is 64.5 Å². The molecule has 1 amide bonds. The largest absolute Gasteiger partial charge is 0.494 e. The minimum Gasteiger partial charge on any atom is -0.494 e. The third kappa shape index (κ3) is 4.98.